The highest BCUT2D eigenvalue weighted by Crippen LogP contribution is 2.36. The molecule has 5 heteroatoms. The number of terminal acetylenes is 1. The molecular weight excluding hydrogens is 380 g/mol. The summed E-state index contributed by atoms with van der Waals surface area (Å²) in [6, 6.07) is 0. The number of hydrogen-bond donors (Lipinski definition) is 3. The van der Waals surface area contributed by atoms with E-state index in [-0.39, 0.29) is 17.8 Å². The molecule has 0 aliphatic heterocycles. The maximum absolute atomic E-state index is 11.1. The molecule has 0 bridgehead atoms. The molecule has 1 aliphatic carbocycles. The maximum Gasteiger partial charge on any atom is 0.305 e. The molecule has 170 valence electrons. The first kappa shape index (κ1) is 26.4. The Morgan fingerprint density at radius 2 is 1.93 bits per heavy atom. The van der Waals surface area contributed by atoms with Gasteiger partial charge in [0.15, 0.2) is 0 Å². The van der Waals surface area contributed by atoms with Gasteiger partial charge in [-0.2, -0.15) is 0 Å². The second-order valence-electron chi connectivity index (χ2n) is 8.41. The molecule has 30 heavy (non-hydrogen) atoms. The molecule has 0 saturated heterocycles. The summed E-state index contributed by atoms with van der Waals surface area (Å²) in [6.45, 7) is 2.14. The average Bonchev–Trinajstić information content (AvgIpc) is 3.00. The number of aliphatic hydroxyl groups excluding tert-OH is 2. The lowest BCUT2D eigenvalue weighted by atomic mass is 9.88. The van der Waals surface area contributed by atoms with Gasteiger partial charge in [0.1, 0.15) is 5.60 Å². The number of esters is 1. The third-order valence-electron chi connectivity index (χ3n) is 6.00. The topological polar surface area (TPSA) is 87.0 Å². The van der Waals surface area contributed by atoms with Crippen molar-refractivity contribution in [2.45, 2.75) is 95.4 Å². The summed E-state index contributed by atoms with van der Waals surface area (Å²) in [5.74, 6) is 2.08. The van der Waals surface area contributed by atoms with Crippen LogP contribution in [0.4, 0.5) is 0 Å². The molecule has 1 aliphatic rings. The molecule has 0 spiro atoms. The van der Waals surface area contributed by atoms with E-state index in [4.69, 9.17) is 6.42 Å². The number of hydrogen-bond acceptors (Lipinski definition) is 5. The fourth-order valence-electron chi connectivity index (χ4n) is 4.04. The first-order chi connectivity index (χ1) is 14.4. The number of ether oxygens (including phenoxy) is 1. The zero-order valence-corrected chi connectivity index (χ0v) is 18.6. The summed E-state index contributed by atoms with van der Waals surface area (Å²) < 4.78 is 4.62. The first-order valence-electron chi connectivity index (χ1n) is 11.3. The van der Waals surface area contributed by atoms with Crippen molar-refractivity contribution in [3.8, 4) is 12.3 Å². The Kier molecular flexibility index (Phi) is 12.7. The zero-order chi connectivity index (χ0) is 22.4. The van der Waals surface area contributed by atoms with Crippen LogP contribution in [0.15, 0.2) is 24.3 Å². The monoisotopic (exact) mass is 420 g/mol. The highest BCUT2D eigenvalue weighted by Gasteiger charge is 2.39. The summed E-state index contributed by atoms with van der Waals surface area (Å²) in [4.78, 5) is 11.1. The van der Waals surface area contributed by atoms with E-state index in [1.165, 1.54) is 7.11 Å². The Labute approximate surface area is 182 Å². The minimum atomic E-state index is -1.15. The number of rotatable bonds is 14. The van der Waals surface area contributed by atoms with Crippen molar-refractivity contribution in [3.05, 3.63) is 24.3 Å². The lowest BCUT2D eigenvalue weighted by molar-refractivity contribution is -0.140. The van der Waals surface area contributed by atoms with E-state index >= 15 is 0 Å². The van der Waals surface area contributed by atoms with Gasteiger partial charge >= 0.3 is 5.97 Å². The highest BCUT2D eigenvalue weighted by atomic mass is 16.5. The molecule has 1 saturated carbocycles. The van der Waals surface area contributed by atoms with Crippen LogP contribution in [0.25, 0.3) is 0 Å². The number of carbonyl (C=O) groups excluding carboxylic acids is 1. The van der Waals surface area contributed by atoms with Crippen LogP contribution in [0.1, 0.15) is 77.6 Å². The van der Waals surface area contributed by atoms with Crippen molar-refractivity contribution in [2.75, 3.05) is 7.11 Å². The van der Waals surface area contributed by atoms with Crippen LogP contribution >= 0.6 is 0 Å². The fourth-order valence-corrected chi connectivity index (χ4v) is 4.04. The lowest BCUT2D eigenvalue weighted by Gasteiger charge is -2.22. The zero-order valence-electron chi connectivity index (χ0n) is 18.6. The molecule has 0 aromatic carbocycles. The predicted molar refractivity (Wildman–Crippen MR) is 120 cm³/mol. The van der Waals surface area contributed by atoms with Gasteiger partial charge in [0.25, 0.3) is 0 Å². The van der Waals surface area contributed by atoms with Crippen molar-refractivity contribution < 1.29 is 24.9 Å². The van der Waals surface area contributed by atoms with Crippen LogP contribution < -0.4 is 0 Å². The normalized spacial score (nSPS) is 26.1. The average molecular weight is 421 g/mol. The Bertz CT molecular complexity index is 591. The van der Waals surface area contributed by atoms with Gasteiger partial charge in [-0.3, -0.25) is 4.79 Å². The molecule has 0 aromatic rings. The van der Waals surface area contributed by atoms with E-state index in [1.54, 1.807) is 0 Å². The van der Waals surface area contributed by atoms with Gasteiger partial charge in [0.05, 0.1) is 19.3 Å². The molecule has 0 radical (unpaired) electrons. The lowest BCUT2D eigenvalue weighted by Crippen LogP contribution is -2.26. The van der Waals surface area contributed by atoms with Gasteiger partial charge in [0.2, 0.25) is 0 Å². The summed E-state index contributed by atoms with van der Waals surface area (Å²) in [5.41, 5.74) is -1.15. The second kappa shape index (κ2) is 14.4. The molecule has 5 nitrogen and oxygen atoms in total. The van der Waals surface area contributed by atoms with Gasteiger partial charge in [-0.25, -0.2) is 0 Å². The smallest absolute Gasteiger partial charge is 0.305 e. The molecule has 0 amide bonds. The predicted octanol–water partition coefficient (Wildman–Crippen LogP) is 3.91. The quantitative estimate of drug-likeness (QED) is 0.172. The van der Waals surface area contributed by atoms with Crippen molar-refractivity contribution in [1.29, 1.82) is 0 Å². The SMILES string of the molecule is C#CC(O)(C/C=C/[C@@H]1[C@@H](C/C=C\CCCC(=O)OC)[C@@H](O)C[C@H]1O)CCCCCC. The van der Waals surface area contributed by atoms with Gasteiger partial charge in [-0.15, -0.1) is 6.42 Å². The second-order valence-corrected chi connectivity index (χ2v) is 8.41. The van der Waals surface area contributed by atoms with Crippen LogP contribution in [-0.2, 0) is 9.53 Å². The van der Waals surface area contributed by atoms with Gasteiger partial charge in [0, 0.05) is 25.2 Å². The molecule has 1 rings (SSSR count). The first-order valence-corrected chi connectivity index (χ1v) is 11.3. The summed E-state index contributed by atoms with van der Waals surface area (Å²) in [7, 11) is 1.38. The molecule has 3 N–H and O–H groups in total. The highest BCUT2D eigenvalue weighted by molar-refractivity contribution is 5.69. The molecule has 1 unspecified atom stereocenters. The van der Waals surface area contributed by atoms with E-state index in [1.807, 2.05) is 24.3 Å². The minimum Gasteiger partial charge on any atom is -0.469 e. The van der Waals surface area contributed by atoms with Crippen LogP contribution in [-0.4, -0.2) is 46.2 Å². The van der Waals surface area contributed by atoms with Crippen molar-refractivity contribution in [2.24, 2.45) is 11.8 Å². The Balaban J connectivity index is 2.54. The van der Waals surface area contributed by atoms with Crippen molar-refractivity contribution in [1.82, 2.24) is 0 Å². The van der Waals surface area contributed by atoms with E-state index in [0.29, 0.717) is 32.1 Å². The van der Waals surface area contributed by atoms with Crippen LogP contribution in [0.2, 0.25) is 0 Å². The van der Waals surface area contributed by atoms with Gasteiger partial charge < -0.3 is 20.1 Å². The van der Waals surface area contributed by atoms with Gasteiger partial charge in [-0.1, -0.05) is 56.4 Å². The van der Waals surface area contributed by atoms with Crippen LogP contribution in [0, 0.1) is 24.2 Å². The number of aliphatic hydroxyl groups is 3. The Morgan fingerprint density at radius 3 is 2.60 bits per heavy atom. The summed E-state index contributed by atoms with van der Waals surface area (Å²) in [5, 5.41) is 31.3. The molecular formula is C25H40O5. The van der Waals surface area contributed by atoms with Crippen LogP contribution in [0.3, 0.4) is 0 Å². The Morgan fingerprint density at radius 1 is 1.17 bits per heavy atom. The standard InChI is InChI=1S/C25H40O5/c1-4-6-7-12-17-25(29,5-2)18-13-15-21-20(22(26)19-23(21)27)14-10-8-9-11-16-24(28)30-3/h2,8,10,13,15,20-23,26-27,29H,4,6-7,9,11-12,14,16-19H2,1,3H3/b10-8-,15-13+/t20-,21-,22+,23-,25?/m1/s1. The van der Waals surface area contributed by atoms with E-state index in [2.05, 4.69) is 17.6 Å². The fraction of sp³-hybridized carbons (Fsp3) is 0.720. The van der Waals surface area contributed by atoms with E-state index < -0.39 is 17.8 Å². The maximum atomic E-state index is 11.1. The van der Waals surface area contributed by atoms with Crippen LogP contribution in [0.5, 0.6) is 0 Å². The largest absolute Gasteiger partial charge is 0.469 e. The number of allylic oxidation sites excluding steroid dienone is 2. The summed E-state index contributed by atoms with van der Waals surface area (Å²) in [6.07, 6.45) is 20.3. The van der Waals surface area contributed by atoms with Crippen molar-refractivity contribution in [3.63, 3.8) is 0 Å². The van der Waals surface area contributed by atoms with Crippen molar-refractivity contribution >= 4 is 5.97 Å². The Hall–Kier alpha value is -1.61. The van der Waals surface area contributed by atoms with E-state index in [9.17, 15) is 20.1 Å². The molecule has 0 aromatic heterocycles. The molecule has 5 atom stereocenters. The number of carbonyl (C=O) groups is 1. The van der Waals surface area contributed by atoms with E-state index in [0.717, 1.165) is 38.5 Å². The third-order valence-corrected chi connectivity index (χ3v) is 6.00. The molecule has 0 heterocycles. The third kappa shape index (κ3) is 9.47. The van der Waals surface area contributed by atoms with Gasteiger partial charge in [-0.05, 0) is 38.0 Å². The number of methoxy groups -OCH3 is 1. The minimum absolute atomic E-state index is 0.0726. The molecule has 1 fully saturated rings. The number of unbranched alkanes of at least 4 members (excludes halogenated alkanes) is 4. The summed E-state index contributed by atoms with van der Waals surface area (Å²) >= 11 is 0.